The summed E-state index contributed by atoms with van der Waals surface area (Å²) >= 11 is 0. The Morgan fingerprint density at radius 1 is 1.10 bits per heavy atom. The van der Waals surface area contributed by atoms with Crippen LogP contribution in [-0.4, -0.2) is 20.9 Å². The van der Waals surface area contributed by atoms with E-state index in [4.69, 9.17) is 0 Å². The summed E-state index contributed by atoms with van der Waals surface area (Å²) in [6.07, 6.45) is 4.18. The van der Waals surface area contributed by atoms with Gasteiger partial charge in [-0.2, -0.15) is 0 Å². The standard InChI is InChI=1S/C23H22N4O2/c1-3-20(22-25-12-14(2)26-22)27-23(29)19-10-9-16(15-8-11-21(28)24-13-15)17-6-4-5-7-18(17)19/h4-13,20H,3H2,1-2H3,(H,24,28)(H,25,26)(H,27,29). The molecule has 0 saturated carbocycles. The van der Waals surface area contributed by atoms with Crippen molar-refractivity contribution < 1.29 is 4.79 Å². The average Bonchev–Trinajstić information content (AvgIpc) is 3.18. The lowest BCUT2D eigenvalue weighted by Gasteiger charge is -2.17. The van der Waals surface area contributed by atoms with Gasteiger partial charge in [-0.25, -0.2) is 4.98 Å². The highest BCUT2D eigenvalue weighted by Gasteiger charge is 2.19. The van der Waals surface area contributed by atoms with Crippen LogP contribution in [0.25, 0.3) is 21.9 Å². The summed E-state index contributed by atoms with van der Waals surface area (Å²) in [6.45, 7) is 3.95. The highest BCUT2D eigenvalue weighted by atomic mass is 16.1. The molecule has 6 nitrogen and oxygen atoms in total. The molecule has 0 spiro atoms. The van der Waals surface area contributed by atoms with Crippen molar-refractivity contribution in [3.8, 4) is 11.1 Å². The van der Waals surface area contributed by atoms with Gasteiger partial charge in [0.05, 0.1) is 6.04 Å². The molecule has 0 aliphatic heterocycles. The number of aryl methyl sites for hydroxylation is 1. The molecule has 2 heterocycles. The maximum atomic E-state index is 13.1. The SMILES string of the molecule is CCC(NC(=O)c1ccc(-c2ccc(=O)[nH]c2)c2ccccc12)c1ncc(C)[nH]1. The molecular weight excluding hydrogens is 364 g/mol. The van der Waals surface area contributed by atoms with Crippen molar-refractivity contribution in [1.29, 1.82) is 0 Å². The van der Waals surface area contributed by atoms with Crippen LogP contribution in [0.15, 0.2) is 65.7 Å². The number of H-pyrrole nitrogens is 2. The van der Waals surface area contributed by atoms with Gasteiger partial charge in [0.15, 0.2) is 0 Å². The number of nitrogens with one attached hydrogen (secondary N) is 3. The van der Waals surface area contributed by atoms with Crippen LogP contribution in [0.1, 0.15) is 41.3 Å². The van der Waals surface area contributed by atoms with E-state index in [-0.39, 0.29) is 17.5 Å². The quantitative estimate of drug-likeness (QED) is 0.482. The molecule has 0 radical (unpaired) electrons. The maximum absolute atomic E-state index is 13.1. The lowest BCUT2D eigenvalue weighted by molar-refractivity contribution is 0.0935. The predicted molar refractivity (Wildman–Crippen MR) is 114 cm³/mol. The fourth-order valence-corrected chi connectivity index (χ4v) is 3.54. The van der Waals surface area contributed by atoms with Crippen molar-refractivity contribution in [1.82, 2.24) is 20.3 Å². The van der Waals surface area contributed by atoms with Gasteiger partial charge in [-0.1, -0.05) is 37.3 Å². The molecule has 2 aromatic heterocycles. The summed E-state index contributed by atoms with van der Waals surface area (Å²) < 4.78 is 0. The van der Waals surface area contributed by atoms with Gasteiger partial charge >= 0.3 is 0 Å². The van der Waals surface area contributed by atoms with Crippen LogP contribution in [0.3, 0.4) is 0 Å². The first kappa shape index (κ1) is 18.7. The smallest absolute Gasteiger partial charge is 0.252 e. The third-order valence-electron chi connectivity index (χ3n) is 5.03. The number of benzene rings is 2. The Morgan fingerprint density at radius 3 is 2.55 bits per heavy atom. The summed E-state index contributed by atoms with van der Waals surface area (Å²) in [5.74, 6) is 0.614. The molecule has 1 unspecified atom stereocenters. The first-order chi connectivity index (χ1) is 14.1. The number of carbonyl (C=O) groups excluding carboxylic acids is 1. The normalized spacial score (nSPS) is 12.1. The number of carbonyl (C=O) groups is 1. The second-order valence-electron chi connectivity index (χ2n) is 7.03. The minimum Gasteiger partial charge on any atom is -0.344 e. The van der Waals surface area contributed by atoms with Crippen LogP contribution in [0.5, 0.6) is 0 Å². The molecule has 146 valence electrons. The molecule has 0 fully saturated rings. The van der Waals surface area contributed by atoms with Crippen molar-refractivity contribution in [2.75, 3.05) is 0 Å². The van der Waals surface area contributed by atoms with Gasteiger partial charge in [-0.3, -0.25) is 9.59 Å². The molecule has 1 amide bonds. The van der Waals surface area contributed by atoms with Crippen molar-refractivity contribution in [3.05, 3.63) is 88.4 Å². The Labute approximate surface area is 168 Å². The zero-order valence-electron chi connectivity index (χ0n) is 16.3. The third-order valence-corrected chi connectivity index (χ3v) is 5.03. The van der Waals surface area contributed by atoms with E-state index in [1.807, 2.05) is 50.2 Å². The number of fused-ring (bicyclic) bond motifs is 1. The number of nitrogens with zero attached hydrogens (tertiary/aromatic N) is 1. The van der Waals surface area contributed by atoms with Crippen LogP contribution in [0, 0.1) is 6.92 Å². The molecule has 2 aromatic carbocycles. The van der Waals surface area contributed by atoms with Crippen LogP contribution >= 0.6 is 0 Å². The molecule has 1 atom stereocenters. The zero-order chi connectivity index (χ0) is 20.4. The summed E-state index contributed by atoms with van der Waals surface area (Å²) in [5, 5.41) is 4.90. The largest absolute Gasteiger partial charge is 0.344 e. The van der Waals surface area contributed by atoms with Crippen LogP contribution in [0.2, 0.25) is 0 Å². The monoisotopic (exact) mass is 386 g/mol. The van der Waals surface area contributed by atoms with E-state index in [9.17, 15) is 9.59 Å². The van der Waals surface area contributed by atoms with Crippen molar-refractivity contribution >= 4 is 16.7 Å². The van der Waals surface area contributed by atoms with Crippen LogP contribution in [0.4, 0.5) is 0 Å². The topological polar surface area (TPSA) is 90.6 Å². The van der Waals surface area contributed by atoms with E-state index in [1.54, 1.807) is 18.5 Å². The molecule has 4 aromatic rings. The van der Waals surface area contributed by atoms with E-state index >= 15 is 0 Å². The molecule has 0 aliphatic rings. The highest BCUT2D eigenvalue weighted by Crippen LogP contribution is 2.30. The maximum Gasteiger partial charge on any atom is 0.252 e. The lowest BCUT2D eigenvalue weighted by atomic mass is 9.95. The fraction of sp³-hybridized carbons (Fsp3) is 0.174. The van der Waals surface area contributed by atoms with Gasteiger partial charge < -0.3 is 15.3 Å². The minimum atomic E-state index is -0.186. The van der Waals surface area contributed by atoms with Gasteiger partial charge in [0.1, 0.15) is 5.82 Å². The molecule has 0 saturated heterocycles. The Hall–Kier alpha value is -3.67. The second-order valence-corrected chi connectivity index (χ2v) is 7.03. The van der Waals surface area contributed by atoms with E-state index in [2.05, 4.69) is 20.3 Å². The zero-order valence-corrected chi connectivity index (χ0v) is 16.3. The first-order valence-electron chi connectivity index (χ1n) is 9.60. The number of rotatable bonds is 5. The molecule has 6 heteroatoms. The number of hydrogen-bond acceptors (Lipinski definition) is 3. The predicted octanol–water partition coefficient (Wildman–Crippen LogP) is 4.11. The second kappa shape index (κ2) is 7.75. The van der Waals surface area contributed by atoms with Crippen LogP contribution < -0.4 is 10.9 Å². The number of hydrogen-bond donors (Lipinski definition) is 3. The van der Waals surface area contributed by atoms with E-state index in [1.165, 1.54) is 6.07 Å². The van der Waals surface area contributed by atoms with Gasteiger partial charge in [-0.05, 0) is 47.4 Å². The summed E-state index contributed by atoms with van der Waals surface area (Å²) in [4.78, 5) is 34.8. The minimum absolute atomic E-state index is 0.143. The van der Waals surface area contributed by atoms with E-state index < -0.39 is 0 Å². The van der Waals surface area contributed by atoms with Gasteiger partial charge in [0.2, 0.25) is 5.56 Å². The average molecular weight is 386 g/mol. The lowest BCUT2D eigenvalue weighted by Crippen LogP contribution is -2.29. The Bertz CT molecular complexity index is 1220. The molecule has 3 N–H and O–H groups in total. The van der Waals surface area contributed by atoms with E-state index in [0.29, 0.717) is 5.56 Å². The Kier molecular flexibility index (Phi) is 4.99. The molecule has 29 heavy (non-hydrogen) atoms. The van der Waals surface area contributed by atoms with Crippen molar-refractivity contribution in [2.45, 2.75) is 26.3 Å². The fourth-order valence-electron chi connectivity index (χ4n) is 3.54. The summed E-state index contributed by atoms with van der Waals surface area (Å²) in [6, 6.07) is 14.6. The van der Waals surface area contributed by atoms with Crippen molar-refractivity contribution in [3.63, 3.8) is 0 Å². The van der Waals surface area contributed by atoms with Gasteiger partial charge in [-0.15, -0.1) is 0 Å². The number of aromatic amines is 2. The van der Waals surface area contributed by atoms with E-state index in [0.717, 1.165) is 39.8 Å². The number of pyridine rings is 1. The van der Waals surface area contributed by atoms with Crippen LogP contribution in [-0.2, 0) is 0 Å². The Morgan fingerprint density at radius 2 is 1.90 bits per heavy atom. The number of aromatic nitrogens is 3. The highest BCUT2D eigenvalue weighted by molar-refractivity contribution is 6.11. The molecule has 0 aliphatic carbocycles. The molecule has 4 rings (SSSR count). The third kappa shape index (κ3) is 3.69. The molecule has 0 bridgehead atoms. The number of amides is 1. The summed E-state index contributed by atoms with van der Waals surface area (Å²) in [5.41, 5.74) is 3.28. The summed E-state index contributed by atoms with van der Waals surface area (Å²) in [7, 11) is 0. The Balaban J connectivity index is 1.73. The number of imidazole rings is 1. The van der Waals surface area contributed by atoms with Gasteiger partial charge in [0, 0.05) is 29.7 Å². The first-order valence-corrected chi connectivity index (χ1v) is 9.60. The van der Waals surface area contributed by atoms with Crippen molar-refractivity contribution in [2.24, 2.45) is 0 Å². The van der Waals surface area contributed by atoms with Gasteiger partial charge in [0.25, 0.3) is 5.91 Å². The molecular formula is C23H22N4O2.